The van der Waals surface area contributed by atoms with Gasteiger partial charge >= 0.3 is 0 Å². The van der Waals surface area contributed by atoms with E-state index in [-0.39, 0.29) is 5.92 Å². The van der Waals surface area contributed by atoms with Crippen LogP contribution < -0.4 is 5.73 Å². The normalized spacial score (nSPS) is 14.0. The predicted octanol–water partition coefficient (Wildman–Crippen LogP) is 3.84. The molecule has 0 fully saturated rings. The predicted molar refractivity (Wildman–Crippen MR) is 86.4 cm³/mol. The van der Waals surface area contributed by atoms with Gasteiger partial charge in [-0.3, -0.25) is 0 Å². The van der Waals surface area contributed by atoms with Crippen LogP contribution in [0.25, 0.3) is 0 Å². The van der Waals surface area contributed by atoms with Gasteiger partial charge in [0.1, 0.15) is 0 Å². The third-order valence-electron chi connectivity index (χ3n) is 3.37. The van der Waals surface area contributed by atoms with Crippen LogP contribution >= 0.6 is 23.4 Å². The number of aliphatic hydroxyl groups is 1. The van der Waals surface area contributed by atoms with E-state index in [1.165, 1.54) is 0 Å². The van der Waals surface area contributed by atoms with E-state index in [0.717, 1.165) is 16.0 Å². The van der Waals surface area contributed by atoms with Gasteiger partial charge in [-0.2, -0.15) is 0 Å². The SMILES string of the molecule is CSc1ccccc1C(O)C(CN)c1cccc(Cl)c1. The van der Waals surface area contributed by atoms with E-state index in [2.05, 4.69) is 0 Å². The van der Waals surface area contributed by atoms with Gasteiger partial charge in [0, 0.05) is 22.4 Å². The van der Waals surface area contributed by atoms with E-state index >= 15 is 0 Å². The molecule has 106 valence electrons. The molecule has 0 amide bonds. The standard InChI is InChI=1S/C16H18ClNOS/c1-20-15-8-3-2-7-13(15)16(19)14(10-18)11-5-4-6-12(17)9-11/h2-9,14,16,19H,10,18H2,1H3. The molecule has 2 aromatic rings. The Balaban J connectivity index is 2.36. The smallest absolute Gasteiger partial charge is 0.0881 e. The zero-order chi connectivity index (χ0) is 14.5. The monoisotopic (exact) mass is 307 g/mol. The minimum atomic E-state index is -0.637. The molecule has 2 nitrogen and oxygen atoms in total. The fourth-order valence-electron chi connectivity index (χ4n) is 2.31. The third kappa shape index (κ3) is 3.36. The summed E-state index contributed by atoms with van der Waals surface area (Å²) >= 11 is 7.65. The van der Waals surface area contributed by atoms with Crippen LogP contribution in [0.3, 0.4) is 0 Å². The summed E-state index contributed by atoms with van der Waals surface area (Å²) in [4.78, 5) is 1.07. The Morgan fingerprint density at radius 1 is 1.20 bits per heavy atom. The summed E-state index contributed by atoms with van der Waals surface area (Å²) in [6, 6.07) is 15.4. The Kier molecular flexibility index (Phi) is 5.49. The van der Waals surface area contributed by atoms with Crippen LogP contribution in [0.5, 0.6) is 0 Å². The lowest BCUT2D eigenvalue weighted by Crippen LogP contribution is -2.20. The van der Waals surface area contributed by atoms with Crippen molar-refractivity contribution >= 4 is 23.4 Å². The molecule has 4 heteroatoms. The number of hydrogen-bond acceptors (Lipinski definition) is 3. The maximum Gasteiger partial charge on any atom is 0.0881 e. The second-order valence-electron chi connectivity index (χ2n) is 4.58. The molecule has 0 radical (unpaired) electrons. The van der Waals surface area contributed by atoms with Crippen LogP contribution in [-0.2, 0) is 0 Å². The van der Waals surface area contributed by atoms with Gasteiger partial charge in [-0.1, -0.05) is 41.9 Å². The van der Waals surface area contributed by atoms with Crippen LogP contribution in [-0.4, -0.2) is 17.9 Å². The minimum absolute atomic E-state index is 0.165. The van der Waals surface area contributed by atoms with Crippen LogP contribution in [0.1, 0.15) is 23.1 Å². The lowest BCUT2D eigenvalue weighted by Gasteiger charge is -2.24. The molecule has 0 bridgehead atoms. The van der Waals surface area contributed by atoms with Gasteiger partial charge in [0.2, 0.25) is 0 Å². The lowest BCUT2D eigenvalue weighted by atomic mass is 9.89. The molecule has 2 rings (SSSR count). The first-order chi connectivity index (χ1) is 9.67. The van der Waals surface area contributed by atoms with E-state index in [1.54, 1.807) is 11.8 Å². The number of halogens is 1. The van der Waals surface area contributed by atoms with E-state index in [1.807, 2.05) is 54.8 Å². The van der Waals surface area contributed by atoms with Crippen LogP contribution in [0.2, 0.25) is 5.02 Å². The Bertz CT molecular complexity index is 576. The second kappa shape index (κ2) is 7.14. The van der Waals surface area contributed by atoms with Crippen molar-refractivity contribution in [2.75, 3.05) is 12.8 Å². The highest BCUT2D eigenvalue weighted by Gasteiger charge is 2.23. The zero-order valence-electron chi connectivity index (χ0n) is 11.3. The van der Waals surface area contributed by atoms with Crippen molar-refractivity contribution in [3.05, 3.63) is 64.7 Å². The van der Waals surface area contributed by atoms with E-state index < -0.39 is 6.10 Å². The van der Waals surface area contributed by atoms with Crippen molar-refractivity contribution in [1.29, 1.82) is 0 Å². The molecule has 2 atom stereocenters. The molecule has 0 saturated carbocycles. The van der Waals surface area contributed by atoms with Gasteiger partial charge in [-0.15, -0.1) is 11.8 Å². The highest BCUT2D eigenvalue weighted by Crippen LogP contribution is 2.35. The molecule has 0 aromatic heterocycles. The maximum absolute atomic E-state index is 10.7. The van der Waals surface area contributed by atoms with E-state index in [0.29, 0.717) is 11.6 Å². The number of rotatable bonds is 5. The van der Waals surface area contributed by atoms with E-state index in [9.17, 15) is 5.11 Å². The average Bonchev–Trinajstić information content (AvgIpc) is 2.48. The summed E-state index contributed by atoms with van der Waals surface area (Å²) < 4.78 is 0. The first-order valence-corrected chi connectivity index (χ1v) is 8.04. The van der Waals surface area contributed by atoms with Gasteiger partial charge in [0.05, 0.1) is 6.10 Å². The third-order valence-corrected chi connectivity index (χ3v) is 4.42. The molecular formula is C16H18ClNOS. The molecule has 0 aliphatic rings. The van der Waals surface area contributed by atoms with Crippen LogP contribution in [0, 0.1) is 0 Å². The van der Waals surface area contributed by atoms with Crippen molar-refractivity contribution in [2.45, 2.75) is 16.9 Å². The highest BCUT2D eigenvalue weighted by molar-refractivity contribution is 7.98. The number of aliphatic hydroxyl groups excluding tert-OH is 1. The summed E-state index contributed by atoms with van der Waals surface area (Å²) in [5.74, 6) is -0.165. The molecule has 2 aromatic carbocycles. The molecule has 0 aliphatic carbocycles. The fraction of sp³-hybridized carbons (Fsp3) is 0.250. The summed E-state index contributed by atoms with van der Waals surface area (Å²) in [5.41, 5.74) is 7.75. The fourth-order valence-corrected chi connectivity index (χ4v) is 3.15. The minimum Gasteiger partial charge on any atom is -0.388 e. The van der Waals surface area contributed by atoms with Crippen LogP contribution in [0.4, 0.5) is 0 Å². The summed E-state index contributed by atoms with van der Waals surface area (Å²) in [6.07, 6.45) is 1.37. The molecule has 0 spiro atoms. The maximum atomic E-state index is 10.7. The van der Waals surface area contributed by atoms with Crippen molar-refractivity contribution in [2.24, 2.45) is 5.73 Å². The van der Waals surface area contributed by atoms with Gasteiger partial charge in [0.25, 0.3) is 0 Å². The van der Waals surface area contributed by atoms with Crippen molar-refractivity contribution in [3.8, 4) is 0 Å². The molecule has 0 heterocycles. The van der Waals surface area contributed by atoms with Gasteiger partial charge in [-0.05, 0) is 35.6 Å². The van der Waals surface area contributed by atoms with Crippen molar-refractivity contribution in [3.63, 3.8) is 0 Å². The Hall–Kier alpha value is -1.00. The molecule has 0 aliphatic heterocycles. The zero-order valence-corrected chi connectivity index (χ0v) is 12.9. The molecule has 2 unspecified atom stereocenters. The molecular weight excluding hydrogens is 290 g/mol. The molecule has 0 saturated heterocycles. The quantitative estimate of drug-likeness (QED) is 0.825. The van der Waals surface area contributed by atoms with Gasteiger partial charge in [-0.25, -0.2) is 0 Å². The largest absolute Gasteiger partial charge is 0.388 e. The molecule has 3 N–H and O–H groups in total. The Morgan fingerprint density at radius 3 is 2.60 bits per heavy atom. The number of hydrogen-bond donors (Lipinski definition) is 2. The van der Waals surface area contributed by atoms with Gasteiger partial charge < -0.3 is 10.8 Å². The highest BCUT2D eigenvalue weighted by atomic mass is 35.5. The number of benzene rings is 2. The van der Waals surface area contributed by atoms with Crippen molar-refractivity contribution < 1.29 is 5.11 Å². The average molecular weight is 308 g/mol. The lowest BCUT2D eigenvalue weighted by molar-refractivity contribution is 0.145. The second-order valence-corrected chi connectivity index (χ2v) is 5.87. The summed E-state index contributed by atoms with van der Waals surface area (Å²) in [6.45, 7) is 0.365. The molecule has 20 heavy (non-hydrogen) atoms. The van der Waals surface area contributed by atoms with Crippen molar-refractivity contribution in [1.82, 2.24) is 0 Å². The first-order valence-electron chi connectivity index (χ1n) is 6.44. The number of thioether (sulfide) groups is 1. The Morgan fingerprint density at radius 2 is 1.95 bits per heavy atom. The Labute approximate surface area is 129 Å². The van der Waals surface area contributed by atoms with Gasteiger partial charge in [0.15, 0.2) is 0 Å². The number of nitrogens with two attached hydrogens (primary N) is 1. The topological polar surface area (TPSA) is 46.2 Å². The summed E-state index contributed by atoms with van der Waals surface area (Å²) in [5, 5.41) is 11.4. The summed E-state index contributed by atoms with van der Waals surface area (Å²) in [7, 11) is 0. The first kappa shape index (κ1) is 15.4. The van der Waals surface area contributed by atoms with E-state index in [4.69, 9.17) is 17.3 Å². The van der Waals surface area contributed by atoms with Crippen LogP contribution in [0.15, 0.2) is 53.4 Å².